The fourth-order valence-electron chi connectivity index (χ4n) is 5.67. The number of ether oxygens (including phenoxy) is 2. The van der Waals surface area contributed by atoms with Crippen LogP contribution < -0.4 is 16.4 Å². The molecule has 3 atom stereocenters. The molecule has 4 aromatic carbocycles. The predicted molar refractivity (Wildman–Crippen MR) is 193 cm³/mol. The Morgan fingerprint density at radius 3 is 2.42 bits per heavy atom. The van der Waals surface area contributed by atoms with Crippen LogP contribution in [-0.2, 0) is 32.2 Å². The third kappa shape index (κ3) is 9.57. The van der Waals surface area contributed by atoms with Crippen molar-refractivity contribution in [3.05, 3.63) is 126 Å². The van der Waals surface area contributed by atoms with Gasteiger partial charge in [-0.15, -0.1) is 0 Å². The van der Waals surface area contributed by atoms with Crippen LogP contribution in [0.2, 0.25) is 0 Å². The van der Waals surface area contributed by atoms with Gasteiger partial charge in [0.2, 0.25) is 11.8 Å². The summed E-state index contributed by atoms with van der Waals surface area (Å²) < 4.78 is 12.9. The topological polar surface area (TPSA) is 164 Å². The molecule has 258 valence electrons. The molecule has 2 amide bonds. The number of anilines is 2. The van der Waals surface area contributed by atoms with Crippen LogP contribution in [0.1, 0.15) is 60.3 Å². The number of nitrogens with one attached hydrogen (secondary N) is 3. The first kappa shape index (κ1) is 34.8. The van der Waals surface area contributed by atoms with E-state index in [1.54, 1.807) is 36.0 Å². The zero-order chi connectivity index (χ0) is 34.7. The summed E-state index contributed by atoms with van der Waals surface area (Å²) in [5.41, 5.74) is 12.8. The van der Waals surface area contributed by atoms with Crippen LogP contribution in [-0.4, -0.2) is 44.0 Å². The van der Waals surface area contributed by atoms with E-state index in [4.69, 9.17) is 15.2 Å². The number of thioether (sulfide) groups is 1. The van der Waals surface area contributed by atoms with Gasteiger partial charge in [-0.1, -0.05) is 90.6 Å². The molecular weight excluding hydrogens is 653 g/mol. The zero-order valence-corrected chi connectivity index (χ0v) is 28.3. The lowest BCUT2D eigenvalue weighted by Gasteiger charge is -2.36. The van der Waals surface area contributed by atoms with Crippen LogP contribution in [0.4, 0.5) is 11.4 Å². The van der Waals surface area contributed by atoms with E-state index in [1.165, 1.54) is 6.33 Å². The highest BCUT2D eigenvalue weighted by Crippen LogP contribution is 2.39. The van der Waals surface area contributed by atoms with Crippen molar-refractivity contribution in [2.24, 2.45) is 0 Å². The van der Waals surface area contributed by atoms with Gasteiger partial charge in [-0.05, 0) is 52.4 Å². The van der Waals surface area contributed by atoms with Crippen molar-refractivity contribution in [2.75, 3.05) is 16.8 Å². The van der Waals surface area contributed by atoms with Crippen molar-refractivity contribution in [1.82, 2.24) is 20.5 Å². The van der Waals surface area contributed by atoms with E-state index >= 15 is 0 Å². The molecule has 5 aromatic rings. The van der Waals surface area contributed by atoms with E-state index in [0.29, 0.717) is 36.5 Å². The van der Waals surface area contributed by atoms with Gasteiger partial charge >= 0.3 is 0 Å². The summed E-state index contributed by atoms with van der Waals surface area (Å²) in [5.74, 6) is 0.395. The molecule has 1 aliphatic rings. The monoisotopic (exact) mass is 692 g/mol. The Balaban J connectivity index is 1.03. The summed E-state index contributed by atoms with van der Waals surface area (Å²) in [7, 11) is 0. The molecule has 6 rings (SSSR count). The van der Waals surface area contributed by atoms with E-state index in [1.807, 2.05) is 66.7 Å². The van der Waals surface area contributed by atoms with Crippen LogP contribution in [0.25, 0.3) is 11.1 Å². The second-order valence-electron chi connectivity index (χ2n) is 12.0. The van der Waals surface area contributed by atoms with Crippen LogP contribution >= 0.6 is 11.8 Å². The molecule has 0 bridgehead atoms. The third-order valence-electron chi connectivity index (χ3n) is 8.39. The minimum Gasteiger partial charge on any atom is -0.397 e. The molecule has 1 fully saturated rings. The Labute approximate surface area is 295 Å². The lowest BCUT2D eigenvalue weighted by molar-refractivity contribution is -0.245. The Hall–Kier alpha value is -5.01. The van der Waals surface area contributed by atoms with E-state index in [9.17, 15) is 14.7 Å². The maximum Gasteiger partial charge on any atom is 0.224 e. The molecule has 50 heavy (non-hydrogen) atoms. The van der Waals surface area contributed by atoms with Gasteiger partial charge in [-0.25, -0.2) is 4.98 Å². The van der Waals surface area contributed by atoms with Gasteiger partial charge in [0.05, 0.1) is 30.2 Å². The number of aromatic amines is 1. The number of aromatic nitrogens is 3. The fraction of sp³-hybridized carbons (Fsp3) is 0.263. The molecule has 0 spiro atoms. The summed E-state index contributed by atoms with van der Waals surface area (Å²) in [5, 5.41) is 22.8. The van der Waals surface area contributed by atoms with Gasteiger partial charge in [-0.2, -0.15) is 5.10 Å². The van der Waals surface area contributed by atoms with Crippen molar-refractivity contribution in [1.29, 1.82) is 0 Å². The lowest BCUT2D eigenvalue weighted by atomic mass is 9.99. The second-order valence-corrected chi connectivity index (χ2v) is 13.0. The SMILES string of the molecule is Nc1ccccc1NC(=O)CCCC(=O)NCc1cccc(-c2ccc(C3OC(CSc4ncn[nH]4)CC(c4ccc(CO)cc4)O3)cc2)c1. The Kier molecular flexibility index (Phi) is 11.9. The molecular formula is C38H40N6O5S. The minimum atomic E-state index is -0.565. The zero-order valence-electron chi connectivity index (χ0n) is 27.5. The molecule has 1 aliphatic heterocycles. The first-order valence-electron chi connectivity index (χ1n) is 16.5. The van der Waals surface area contributed by atoms with Crippen LogP contribution in [0, 0.1) is 0 Å². The number of para-hydroxylation sites is 2. The number of benzene rings is 4. The number of nitrogens with two attached hydrogens (primary N) is 1. The second kappa shape index (κ2) is 17.1. The van der Waals surface area contributed by atoms with Gasteiger partial charge in [0.15, 0.2) is 11.4 Å². The minimum absolute atomic E-state index is 0.00807. The Morgan fingerprint density at radius 2 is 1.66 bits per heavy atom. The molecule has 0 aliphatic carbocycles. The summed E-state index contributed by atoms with van der Waals surface area (Å²) in [6, 6.07) is 31.1. The molecule has 11 nitrogen and oxygen atoms in total. The largest absolute Gasteiger partial charge is 0.397 e. The normalized spacial score (nSPS) is 17.3. The highest BCUT2D eigenvalue weighted by molar-refractivity contribution is 7.99. The lowest BCUT2D eigenvalue weighted by Crippen LogP contribution is -2.31. The van der Waals surface area contributed by atoms with Crippen molar-refractivity contribution < 1.29 is 24.2 Å². The molecule has 6 N–H and O–H groups in total. The van der Waals surface area contributed by atoms with Crippen molar-refractivity contribution in [2.45, 2.75) is 62.5 Å². The Bertz CT molecular complexity index is 1850. The van der Waals surface area contributed by atoms with E-state index in [-0.39, 0.29) is 43.5 Å². The van der Waals surface area contributed by atoms with Gasteiger partial charge < -0.3 is 30.9 Å². The fourth-order valence-corrected chi connectivity index (χ4v) is 6.47. The van der Waals surface area contributed by atoms with Gasteiger partial charge in [0, 0.05) is 37.1 Å². The first-order valence-corrected chi connectivity index (χ1v) is 17.5. The number of aliphatic hydroxyl groups excluding tert-OH is 1. The number of hydrogen-bond acceptors (Lipinski definition) is 9. The van der Waals surface area contributed by atoms with Crippen molar-refractivity contribution in [3.63, 3.8) is 0 Å². The highest BCUT2D eigenvalue weighted by Gasteiger charge is 2.32. The number of aliphatic hydroxyl groups is 1. The number of H-pyrrole nitrogens is 1. The molecule has 12 heteroatoms. The summed E-state index contributed by atoms with van der Waals surface area (Å²) >= 11 is 1.56. The summed E-state index contributed by atoms with van der Waals surface area (Å²) in [4.78, 5) is 29.0. The molecule has 1 aromatic heterocycles. The average molecular weight is 693 g/mol. The quantitative estimate of drug-likeness (QED) is 0.0663. The van der Waals surface area contributed by atoms with Gasteiger partial charge in [0.1, 0.15) is 6.33 Å². The molecule has 2 heterocycles. The smallest absolute Gasteiger partial charge is 0.224 e. The number of nitrogens with zero attached hydrogens (tertiary/aromatic N) is 2. The van der Waals surface area contributed by atoms with E-state index in [2.05, 4.69) is 31.9 Å². The average Bonchev–Trinajstić information content (AvgIpc) is 3.68. The van der Waals surface area contributed by atoms with Crippen LogP contribution in [0.15, 0.2) is 109 Å². The maximum atomic E-state index is 12.5. The number of carbonyl (C=O) groups is 2. The van der Waals surface area contributed by atoms with E-state index in [0.717, 1.165) is 38.5 Å². The number of carbonyl (C=O) groups excluding carboxylic acids is 2. The van der Waals surface area contributed by atoms with E-state index < -0.39 is 6.29 Å². The number of rotatable bonds is 14. The number of amides is 2. The van der Waals surface area contributed by atoms with Crippen LogP contribution in [0.3, 0.4) is 0 Å². The predicted octanol–water partition coefficient (Wildman–Crippen LogP) is 6.31. The standard InChI is InChI=1S/C38H40N6O5S/c39-32-7-1-2-8-33(32)43-36(47)10-4-9-35(46)40-21-26-5-3-6-30(19-26)27-15-17-29(18-16-27)37-48-31(23-50-38-41-24-42-44-38)20-34(49-37)28-13-11-25(22-45)12-14-28/h1-3,5-8,11-19,24,31,34,37,45H,4,9-10,20-23,39H2,(H,40,46)(H,43,47)(H,41,42,44). The van der Waals surface area contributed by atoms with Gasteiger partial charge in [0.25, 0.3) is 0 Å². The summed E-state index contributed by atoms with van der Waals surface area (Å²) in [6.45, 7) is 0.376. The van der Waals surface area contributed by atoms with Crippen LogP contribution in [0.5, 0.6) is 0 Å². The maximum absolute atomic E-state index is 12.5. The molecule has 1 saturated heterocycles. The third-order valence-corrected chi connectivity index (χ3v) is 9.40. The molecule has 0 saturated carbocycles. The summed E-state index contributed by atoms with van der Waals surface area (Å²) in [6.07, 6.45) is 2.24. The molecule has 3 unspecified atom stereocenters. The van der Waals surface area contributed by atoms with Crippen molar-refractivity contribution >= 4 is 35.0 Å². The molecule has 0 radical (unpaired) electrons. The van der Waals surface area contributed by atoms with Crippen molar-refractivity contribution in [3.8, 4) is 11.1 Å². The highest BCUT2D eigenvalue weighted by atomic mass is 32.2. The Morgan fingerprint density at radius 1 is 0.880 bits per heavy atom. The number of hydrogen-bond donors (Lipinski definition) is 5. The number of nitrogen functional groups attached to an aromatic ring is 1. The van der Waals surface area contributed by atoms with Gasteiger partial charge in [-0.3, -0.25) is 14.7 Å². The first-order chi connectivity index (χ1) is 24.4.